The number of aliphatic hydroxyl groups is 1. The van der Waals surface area contributed by atoms with Crippen LogP contribution < -0.4 is 0 Å². The number of likely N-dealkylation sites (N-methyl/N-ethyl adjacent to an activating group) is 1. The first-order valence-electron chi connectivity index (χ1n) is 8.11. The van der Waals surface area contributed by atoms with Gasteiger partial charge in [-0.1, -0.05) is 13.3 Å². The zero-order valence-electron chi connectivity index (χ0n) is 12.5. The summed E-state index contributed by atoms with van der Waals surface area (Å²) in [5.74, 6) is 2.16. The second-order valence-corrected chi connectivity index (χ2v) is 6.11. The highest BCUT2D eigenvalue weighted by molar-refractivity contribution is 5.04. The Morgan fingerprint density at radius 3 is 2.80 bits per heavy atom. The maximum atomic E-state index is 9.60. The summed E-state index contributed by atoms with van der Waals surface area (Å²) < 4.78 is 2.23. The van der Waals surface area contributed by atoms with Gasteiger partial charge in [-0.3, -0.25) is 0 Å². The average Bonchev–Trinajstić information content (AvgIpc) is 2.91. The molecule has 5 heteroatoms. The first kappa shape index (κ1) is 14.0. The van der Waals surface area contributed by atoms with Gasteiger partial charge in [-0.05, 0) is 38.8 Å². The van der Waals surface area contributed by atoms with Crippen molar-refractivity contribution in [3.63, 3.8) is 0 Å². The second kappa shape index (κ2) is 6.22. The molecule has 0 spiro atoms. The normalized spacial score (nSPS) is 27.5. The molecule has 2 unspecified atom stereocenters. The molecule has 1 aromatic heterocycles. The minimum atomic E-state index is 0.197. The monoisotopic (exact) mass is 278 g/mol. The molecule has 2 atom stereocenters. The third kappa shape index (κ3) is 2.61. The highest BCUT2D eigenvalue weighted by atomic mass is 16.3. The molecule has 1 saturated heterocycles. The van der Waals surface area contributed by atoms with Crippen molar-refractivity contribution in [1.82, 2.24) is 19.7 Å². The van der Waals surface area contributed by atoms with Crippen LogP contribution in [0.3, 0.4) is 0 Å². The van der Waals surface area contributed by atoms with Crippen molar-refractivity contribution in [3.05, 3.63) is 11.6 Å². The fourth-order valence-corrected chi connectivity index (χ4v) is 3.81. The molecular formula is C15H26N4O. The van der Waals surface area contributed by atoms with Crippen LogP contribution in [0.2, 0.25) is 0 Å². The molecule has 1 fully saturated rings. The lowest BCUT2D eigenvalue weighted by Crippen LogP contribution is -2.41. The number of aliphatic hydroxyl groups excluding tert-OH is 1. The molecule has 0 bridgehead atoms. The Balaban J connectivity index is 1.79. The topological polar surface area (TPSA) is 54.2 Å². The number of rotatable bonds is 4. The number of aryl methyl sites for hydroxylation is 1. The molecule has 0 radical (unpaired) electrons. The SMILES string of the molecule is CCN1CCCCC1Cc1nnc2n1C(CO)CCC2. The standard InChI is InChI=1S/C15H26N4O/c1-2-18-9-4-3-6-12(18)10-15-17-16-14-8-5-7-13(11-20)19(14)15/h12-13,20H,2-11H2,1H3. The maximum absolute atomic E-state index is 9.60. The van der Waals surface area contributed by atoms with Gasteiger partial charge in [-0.25, -0.2) is 0 Å². The van der Waals surface area contributed by atoms with Crippen LogP contribution >= 0.6 is 0 Å². The molecular weight excluding hydrogens is 252 g/mol. The van der Waals surface area contributed by atoms with E-state index in [1.165, 1.54) is 25.8 Å². The van der Waals surface area contributed by atoms with E-state index in [1.54, 1.807) is 0 Å². The first-order chi connectivity index (χ1) is 9.83. The Morgan fingerprint density at radius 2 is 2.00 bits per heavy atom. The van der Waals surface area contributed by atoms with Gasteiger partial charge in [0.05, 0.1) is 12.6 Å². The summed E-state index contributed by atoms with van der Waals surface area (Å²) in [6.07, 6.45) is 8.07. The van der Waals surface area contributed by atoms with Gasteiger partial charge in [0.1, 0.15) is 11.6 Å². The van der Waals surface area contributed by atoms with Crippen molar-refractivity contribution in [1.29, 1.82) is 0 Å². The second-order valence-electron chi connectivity index (χ2n) is 6.11. The molecule has 0 saturated carbocycles. The van der Waals surface area contributed by atoms with Gasteiger partial charge < -0.3 is 14.6 Å². The zero-order valence-corrected chi connectivity index (χ0v) is 12.5. The van der Waals surface area contributed by atoms with Gasteiger partial charge in [0.25, 0.3) is 0 Å². The van der Waals surface area contributed by atoms with Crippen molar-refractivity contribution in [2.45, 2.75) is 64.0 Å². The van der Waals surface area contributed by atoms with Crippen LogP contribution in [0.5, 0.6) is 0 Å². The average molecular weight is 278 g/mol. The quantitative estimate of drug-likeness (QED) is 0.908. The number of fused-ring (bicyclic) bond motifs is 1. The van der Waals surface area contributed by atoms with E-state index in [0.29, 0.717) is 6.04 Å². The third-order valence-electron chi connectivity index (χ3n) is 4.92. The molecule has 1 aromatic rings. The minimum Gasteiger partial charge on any atom is -0.394 e. The first-order valence-corrected chi connectivity index (χ1v) is 8.11. The van der Waals surface area contributed by atoms with Gasteiger partial charge in [0, 0.05) is 18.9 Å². The summed E-state index contributed by atoms with van der Waals surface area (Å²) in [6, 6.07) is 0.797. The van der Waals surface area contributed by atoms with E-state index in [4.69, 9.17) is 0 Å². The molecule has 0 amide bonds. The highest BCUT2D eigenvalue weighted by Gasteiger charge is 2.28. The molecule has 3 heterocycles. The highest BCUT2D eigenvalue weighted by Crippen LogP contribution is 2.27. The number of piperidine rings is 1. The zero-order chi connectivity index (χ0) is 13.9. The number of hydrogen-bond donors (Lipinski definition) is 1. The molecule has 2 aliphatic rings. The van der Waals surface area contributed by atoms with Crippen LogP contribution in [0.1, 0.15) is 56.7 Å². The molecule has 0 aromatic carbocycles. The summed E-state index contributed by atoms with van der Waals surface area (Å²) in [7, 11) is 0. The van der Waals surface area contributed by atoms with Crippen LogP contribution in [-0.2, 0) is 12.8 Å². The van der Waals surface area contributed by atoms with E-state index in [1.807, 2.05) is 0 Å². The van der Waals surface area contributed by atoms with Gasteiger partial charge >= 0.3 is 0 Å². The van der Waals surface area contributed by atoms with E-state index >= 15 is 0 Å². The Hall–Kier alpha value is -0.940. The van der Waals surface area contributed by atoms with E-state index in [-0.39, 0.29) is 12.6 Å². The lowest BCUT2D eigenvalue weighted by molar-refractivity contribution is 0.149. The summed E-state index contributed by atoms with van der Waals surface area (Å²) in [5.41, 5.74) is 0. The van der Waals surface area contributed by atoms with Crippen molar-refractivity contribution in [2.24, 2.45) is 0 Å². The predicted molar refractivity (Wildman–Crippen MR) is 77.7 cm³/mol. The van der Waals surface area contributed by atoms with Crippen LogP contribution in [0, 0.1) is 0 Å². The van der Waals surface area contributed by atoms with Gasteiger partial charge in [0.2, 0.25) is 0 Å². The van der Waals surface area contributed by atoms with Crippen LogP contribution in [-0.4, -0.2) is 50.5 Å². The third-order valence-corrected chi connectivity index (χ3v) is 4.92. The van der Waals surface area contributed by atoms with E-state index in [9.17, 15) is 5.11 Å². The van der Waals surface area contributed by atoms with Crippen molar-refractivity contribution in [3.8, 4) is 0 Å². The summed E-state index contributed by atoms with van der Waals surface area (Å²) in [6.45, 7) is 4.79. The fraction of sp³-hybridized carbons (Fsp3) is 0.867. The Kier molecular flexibility index (Phi) is 4.36. The summed E-state index contributed by atoms with van der Waals surface area (Å²) >= 11 is 0. The lowest BCUT2D eigenvalue weighted by atomic mass is 9.98. The molecule has 0 aliphatic carbocycles. The molecule has 3 rings (SSSR count). The van der Waals surface area contributed by atoms with Crippen LogP contribution in [0.25, 0.3) is 0 Å². The van der Waals surface area contributed by atoms with E-state index in [2.05, 4.69) is 26.6 Å². The number of nitrogens with zero attached hydrogens (tertiary/aromatic N) is 4. The Bertz CT molecular complexity index is 445. The van der Waals surface area contributed by atoms with Crippen molar-refractivity contribution < 1.29 is 5.11 Å². The predicted octanol–water partition coefficient (Wildman–Crippen LogP) is 1.56. The molecule has 20 heavy (non-hydrogen) atoms. The van der Waals surface area contributed by atoms with E-state index in [0.717, 1.165) is 43.9 Å². The molecule has 2 aliphatic heterocycles. The minimum absolute atomic E-state index is 0.197. The molecule has 1 N–H and O–H groups in total. The summed E-state index contributed by atoms with van der Waals surface area (Å²) in [4.78, 5) is 2.57. The lowest BCUT2D eigenvalue weighted by Gasteiger charge is -2.35. The van der Waals surface area contributed by atoms with Crippen LogP contribution in [0.4, 0.5) is 0 Å². The van der Waals surface area contributed by atoms with Gasteiger partial charge in [0.15, 0.2) is 0 Å². The van der Waals surface area contributed by atoms with E-state index < -0.39 is 0 Å². The number of aromatic nitrogens is 3. The largest absolute Gasteiger partial charge is 0.394 e. The smallest absolute Gasteiger partial charge is 0.134 e. The Morgan fingerprint density at radius 1 is 1.15 bits per heavy atom. The fourth-order valence-electron chi connectivity index (χ4n) is 3.81. The molecule has 5 nitrogen and oxygen atoms in total. The van der Waals surface area contributed by atoms with Crippen molar-refractivity contribution >= 4 is 0 Å². The number of hydrogen-bond acceptors (Lipinski definition) is 4. The summed E-state index contributed by atoms with van der Waals surface area (Å²) in [5, 5.41) is 18.4. The van der Waals surface area contributed by atoms with Crippen molar-refractivity contribution in [2.75, 3.05) is 19.7 Å². The van der Waals surface area contributed by atoms with Crippen LogP contribution in [0.15, 0.2) is 0 Å². The number of likely N-dealkylation sites (tertiary alicyclic amines) is 1. The Labute approximate surface area is 121 Å². The molecule has 112 valence electrons. The van der Waals surface area contributed by atoms with Gasteiger partial charge in [-0.2, -0.15) is 0 Å². The van der Waals surface area contributed by atoms with Gasteiger partial charge in [-0.15, -0.1) is 10.2 Å². The maximum Gasteiger partial charge on any atom is 0.134 e.